The molecule has 0 fully saturated rings. The number of para-hydroxylation sites is 1. The highest BCUT2D eigenvalue weighted by Gasteiger charge is 2.21. The maximum Gasteiger partial charge on any atom is 0.144 e. The van der Waals surface area contributed by atoms with Gasteiger partial charge in [-0.3, -0.25) is 0 Å². The average Bonchev–Trinajstić information content (AvgIpc) is 3.75. The van der Waals surface area contributed by atoms with Gasteiger partial charge in [0.15, 0.2) is 0 Å². The fourth-order valence-corrected chi connectivity index (χ4v) is 9.16. The first kappa shape index (κ1) is 24.3. The van der Waals surface area contributed by atoms with E-state index in [1.54, 1.807) is 0 Å². The van der Waals surface area contributed by atoms with Gasteiger partial charge in [0.05, 0.1) is 10.4 Å². The highest BCUT2D eigenvalue weighted by Crippen LogP contribution is 2.48. The Morgan fingerprint density at radius 1 is 0.455 bits per heavy atom. The first-order valence-electron chi connectivity index (χ1n) is 14.8. The average molecular weight is 598 g/mol. The largest absolute Gasteiger partial charge is 0.455 e. The number of hydrogen-bond donors (Lipinski definition) is 0. The Morgan fingerprint density at radius 2 is 1.20 bits per heavy atom. The van der Waals surface area contributed by atoms with E-state index >= 15 is 0 Å². The number of fused-ring (bicyclic) bond motifs is 11. The van der Waals surface area contributed by atoms with Crippen LogP contribution in [0.5, 0.6) is 0 Å². The summed E-state index contributed by atoms with van der Waals surface area (Å²) in [7, 11) is 0. The van der Waals surface area contributed by atoms with Gasteiger partial charge in [-0.25, -0.2) is 0 Å². The van der Waals surface area contributed by atoms with Crippen LogP contribution in [0.2, 0.25) is 0 Å². The highest BCUT2D eigenvalue weighted by molar-refractivity contribution is 7.26. The molecule has 44 heavy (non-hydrogen) atoms. The fraction of sp³-hybridized carbons (Fsp3) is 0. The molecule has 0 saturated carbocycles. The first-order chi connectivity index (χ1) is 21.8. The molecule has 0 atom stereocenters. The molecule has 10 aromatic rings. The standard InChI is InChI=1S/C40H23NOS2/c1-2-11-26(12-3-1)41(27-17-18-29-28-13-6-7-16-35(28)43-37(29)23-27)33-15-8-14-31-38-36(44-40(31)33)20-19-30-32-21-24-9-4-5-10-25(24)22-34(32)42-39(30)38/h1-23H. The number of benzene rings is 7. The summed E-state index contributed by atoms with van der Waals surface area (Å²) in [6.07, 6.45) is 0. The van der Waals surface area contributed by atoms with Crippen LogP contribution in [0.4, 0.5) is 17.1 Å². The molecule has 10 rings (SSSR count). The van der Waals surface area contributed by atoms with Gasteiger partial charge in [-0.1, -0.05) is 78.9 Å². The Bertz CT molecular complexity index is 2730. The minimum absolute atomic E-state index is 0.934. The molecule has 206 valence electrons. The summed E-state index contributed by atoms with van der Waals surface area (Å²) >= 11 is 3.70. The Kier molecular flexibility index (Phi) is 5.06. The van der Waals surface area contributed by atoms with Crippen molar-refractivity contribution in [2.75, 3.05) is 4.90 Å². The maximum absolute atomic E-state index is 6.68. The molecule has 0 unspecified atom stereocenters. The van der Waals surface area contributed by atoms with Gasteiger partial charge in [0.2, 0.25) is 0 Å². The van der Waals surface area contributed by atoms with Crippen LogP contribution in [-0.4, -0.2) is 0 Å². The van der Waals surface area contributed by atoms with E-state index in [1.807, 2.05) is 22.7 Å². The lowest BCUT2D eigenvalue weighted by atomic mass is 10.0. The number of nitrogens with zero attached hydrogens (tertiary/aromatic N) is 1. The third-order valence-electron chi connectivity index (χ3n) is 8.82. The molecule has 0 aliphatic carbocycles. The minimum atomic E-state index is 0.934. The number of thiophene rings is 2. The van der Waals surface area contributed by atoms with Crippen molar-refractivity contribution >= 4 is 113 Å². The lowest BCUT2D eigenvalue weighted by molar-refractivity contribution is 0.673. The molecule has 0 aliphatic rings. The van der Waals surface area contributed by atoms with Crippen molar-refractivity contribution in [2.24, 2.45) is 0 Å². The lowest BCUT2D eigenvalue weighted by Gasteiger charge is -2.26. The van der Waals surface area contributed by atoms with E-state index in [4.69, 9.17) is 4.42 Å². The monoisotopic (exact) mass is 597 g/mol. The molecule has 4 heteroatoms. The fourth-order valence-electron chi connectivity index (χ4n) is 6.82. The van der Waals surface area contributed by atoms with Crippen molar-refractivity contribution in [3.63, 3.8) is 0 Å². The summed E-state index contributed by atoms with van der Waals surface area (Å²) in [5.74, 6) is 0. The second-order valence-electron chi connectivity index (χ2n) is 11.3. The van der Waals surface area contributed by atoms with Gasteiger partial charge >= 0.3 is 0 Å². The third kappa shape index (κ3) is 3.47. The van der Waals surface area contributed by atoms with Crippen molar-refractivity contribution in [3.8, 4) is 0 Å². The molecule has 3 aromatic heterocycles. The maximum atomic E-state index is 6.68. The van der Waals surface area contributed by atoms with Gasteiger partial charge in [0, 0.05) is 57.8 Å². The molecule has 0 saturated heterocycles. The molecule has 7 aromatic carbocycles. The van der Waals surface area contributed by atoms with Crippen LogP contribution in [-0.2, 0) is 0 Å². The molecule has 0 radical (unpaired) electrons. The molecular formula is C40H23NOS2. The number of rotatable bonds is 3. The van der Waals surface area contributed by atoms with Gasteiger partial charge in [-0.15, -0.1) is 22.7 Å². The van der Waals surface area contributed by atoms with Crippen LogP contribution >= 0.6 is 22.7 Å². The van der Waals surface area contributed by atoms with Crippen LogP contribution < -0.4 is 4.90 Å². The van der Waals surface area contributed by atoms with E-state index in [9.17, 15) is 0 Å². The minimum Gasteiger partial charge on any atom is -0.455 e. The molecule has 0 aliphatic heterocycles. The number of furan rings is 1. The summed E-state index contributed by atoms with van der Waals surface area (Å²) < 4.78 is 11.8. The SMILES string of the molecule is c1ccc(N(c2ccc3c(c2)sc2ccccc23)c2cccc3c2sc2ccc4c5cc6ccccc6cc5oc4c23)cc1. The third-order valence-corrected chi connectivity index (χ3v) is 11.1. The molecule has 0 spiro atoms. The number of hydrogen-bond acceptors (Lipinski definition) is 4. The summed E-state index contributed by atoms with van der Waals surface area (Å²) in [5, 5.41) is 9.80. The predicted octanol–water partition coefficient (Wildman–Crippen LogP) is 12.9. The van der Waals surface area contributed by atoms with Crippen molar-refractivity contribution in [1.29, 1.82) is 0 Å². The molecule has 0 bridgehead atoms. The van der Waals surface area contributed by atoms with Crippen molar-refractivity contribution in [2.45, 2.75) is 0 Å². The highest BCUT2D eigenvalue weighted by atomic mass is 32.1. The predicted molar refractivity (Wildman–Crippen MR) is 192 cm³/mol. The van der Waals surface area contributed by atoms with Gasteiger partial charge < -0.3 is 9.32 Å². The number of anilines is 3. The van der Waals surface area contributed by atoms with Gasteiger partial charge in [-0.2, -0.15) is 0 Å². The quantitative estimate of drug-likeness (QED) is 0.201. The lowest BCUT2D eigenvalue weighted by Crippen LogP contribution is -2.09. The molecule has 0 amide bonds. The second-order valence-corrected chi connectivity index (χ2v) is 13.5. The van der Waals surface area contributed by atoms with E-state index < -0.39 is 0 Å². The van der Waals surface area contributed by atoms with Crippen molar-refractivity contribution < 1.29 is 4.42 Å². The first-order valence-corrected chi connectivity index (χ1v) is 16.4. The topological polar surface area (TPSA) is 16.4 Å². The van der Waals surface area contributed by atoms with Crippen molar-refractivity contribution in [3.05, 3.63) is 140 Å². The Labute approximate surface area is 260 Å². The van der Waals surface area contributed by atoms with Crippen LogP contribution in [0.25, 0.3) is 73.1 Å². The van der Waals surface area contributed by atoms with Crippen LogP contribution in [0.15, 0.2) is 144 Å². The zero-order chi connectivity index (χ0) is 28.8. The Morgan fingerprint density at radius 3 is 2.11 bits per heavy atom. The summed E-state index contributed by atoms with van der Waals surface area (Å²) in [6.45, 7) is 0. The van der Waals surface area contributed by atoms with Crippen LogP contribution in [0, 0.1) is 0 Å². The van der Waals surface area contributed by atoms with Crippen molar-refractivity contribution in [1.82, 2.24) is 0 Å². The van der Waals surface area contributed by atoms with Gasteiger partial charge in [-0.05, 0) is 71.4 Å². The molecule has 2 nitrogen and oxygen atoms in total. The zero-order valence-corrected chi connectivity index (χ0v) is 25.1. The summed E-state index contributed by atoms with van der Waals surface area (Å²) in [6, 6.07) is 50.4. The zero-order valence-electron chi connectivity index (χ0n) is 23.5. The van der Waals surface area contributed by atoms with E-state index in [1.165, 1.54) is 67.6 Å². The van der Waals surface area contributed by atoms with Crippen LogP contribution in [0.1, 0.15) is 0 Å². The second kappa shape index (κ2) is 9.17. The van der Waals surface area contributed by atoms with E-state index in [-0.39, 0.29) is 0 Å². The van der Waals surface area contributed by atoms with Gasteiger partial charge in [0.1, 0.15) is 11.2 Å². The summed E-state index contributed by atoms with van der Waals surface area (Å²) in [5.41, 5.74) is 5.36. The normalized spacial score (nSPS) is 12.1. The van der Waals surface area contributed by atoms with E-state index in [0.717, 1.165) is 22.5 Å². The molecule has 3 heterocycles. The van der Waals surface area contributed by atoms with E-state index in [0.29, 0.717) is 0 Å². The summed E-state index contributed by atoms with van der Waals surface area (Å²) in [4.78, 5) is 2.41. The smallest absolute Gasteiger partial charge is 0.144 e. The van der Waals surface area contributed by atoms with Crippen LogP contribution in [0.3, 0.4) is 0 Å². The Hall–Kier alpha value is -5.16. The van der Waals surface area contributed by atoms with E-state index in [2.05, 4.69) is 144 Å². The van der Waals surface area contributed by atoms with Gasteiger partial charge in [0.25, 0.3) is 0 Å². The molecule has 0 N–H and O–H groups in total. The Balaban J connectivity index is 1.24. The molecular weight excluding hydrogens is 575 g/mol.